The minimum Gasteiger partial charge on any atom is -0.255 e. The van der Waals surface area contributed by atoms with Crippen LogP contribution in [0, 0.1) is 0 Å². The normalized spacial score (nSPS) is 11.7. The van der Waals surface area contributed by atoms with Crippen LogP contribution in [-0.4, -0.2) is 15.0 Å². The van der Waals surface area contributed by atoms with Crippen LogP contribution in [0.1, 0.15) is 0 Å². The Kier molecular flexibility index (Phi) is 10.3. The third-order valence-electron chi connectivity index (χ3n) is 13.5. The van der Waals surface area contributed by atoms with Gasteiger partial charge in [-0.1, -0.05) is 193 Å². The smallest absolute Gasteiger partial charge is 0.0781 e. The Morgan fingerprint density at radius 1 is 0.232 bits per heavy atom. The number of nitrogens with zero attached hydrogens (tertiary/aromatic N) is 3. The maximum Gasteiger partial charge on any atom is 0.0781 e. The van der Waals surface area contributed by atoms with Crippen LogP contribution < -0.4 is 0 Å². The summed E-state index contributed by atoms with van der Waals surface area (Å²) in [5, 5.41) is 10.1. The molecule has 0 unspecified atom stereocenters. The molecular formula is C63H36Br3N3. The molecule has 0 radical (unpaired) electrons. The molecule has 3 nitrogen and oxygen atoms in total. The average Bonchev–Trinajstić information content (AvgIpc) is 3.40. The van der Waals surface area contributed by atoms with Gasteiger partial charge in [-0.2, -0.15) is 0 Å². The molecule has 3 aromatic heterocycles. The molecular weight excluding hydrogens is 1040 g/mol. The maximum absolute atomic E-state index is 5.13. The zero-order valence-corrected chi connectivity index (χ0v) is 41.5. The number of hydrogen-bond donors (Lipinski definition) is 0. The molecule has 10 aromatic carbocycles. The van der Waals surface area contributed by atoms with E-state index in [-0.39, 0.29) is 0 Å². The number of hydrogen-bond acceptors (Lipinski definition) is 3. The Morgan fingerprint density at radius 2 is 0.507 bits per heavy atom. The van der Waals surface area contributed by atoms with Gasteiger partial charge in [0.1, 0.15) is 0 Å². The monoisotopic (exact) mass is 1070 g/mol. The quantitative estimate of drug-likeness (QED) is 0.156. The molecule has 0 spiro atoms. The molecule has 0 atom stereocenters. The molecule has 0 saturated carbocycles. The molecule has 0 bridgehead atoms. The molecule has 13 aromatic rings. The van der Waals surface area contributed by atoms with Crippen LogP contribution >= 0.6 is 47.8 Å². The van der Waals surface area contributed by atoms with E-state index >= 15 is 0 Å². The number of rotatable bonds is 6. The molecule has 69 heavy (non-hydrogen) atoms. The second-order valence-electron chi connectivity index (χ2n) is 17.5. The van der Waals surface area contributed by atoms with Gasteiger partial charge in [0.25, 0.3) is 0 Å². The highest BCUT2D eigenvalue weighted by atomic mass is 79.9. The minimum absolute atomic E-state index is 0.987. The Bertz CT molecular complexity index is 3810. The molecule has 0 N–H and O–H groups in total. The van der Waals surface area contributed by atoms with E-state index in [9.17, 15) is 0 Å². The van der Waals surface area contributed by atoms with Crippen LogP contribution in [-0.2, 0) is 0 Å². The fourth-order valence-electron chi connectivity index (χ4n) is 10.3. The number of fused-ring (bicyclic) bond motifs is 9. The van der Waals surface area contributed by atoms with E-state index in [2.05, 4.69) is 248 Å². The van der Waals surface area contributed by atoms with Gasteiger partial charge < -0.3 is 0 Å². The third-order valence-corrected chi connectivity index (χ3v) is 15.6. The van der Waals surface area contributed by atoms with Crippen LogP contribution in [0.15, 0.2) is 232 Å². The lowest BCUT2D eigenvalue weighted by molar-refractivity contribution is 1.41. The fourth-order valence-corrected chi connectivity index (χ4v) is 11.8. The highest BCUT2D eigenvalue weighted by molar-refractivity contribution is 9.11. The zero-order chi connectivity index (χ0) is 46.2. The number of benzene rings is 10. The Balaban J connectivity index is 1.01. The van der Waals surface area contributed by atoms with E-state index < -0.39 is 0 Å². The SMILES string of the molecule is Brc1cccc2c1ccc1cc(-c3ccccc3-c3cc(-c4ccccc4-c4cnc5c(ccc6c(Br)cccc65)c4)cc(-c4ccccc4-c4cnc5c(ccc6c(Br)cccc65)c4)c3)cnc12. The Morgan fingerprint density at radius 3 is 0.797 bits per heavy atom. The van der Waals surface area contributed by atoms with E-state index in [1.807, 2.05) is 18.6 Å². The van der Waals surface area contributed by atoms with E-state index in [0.717, 1.165) is 145 Å². The van der Waals surface area contributed by atoms with Gasteiger partial charge in [-0.15, -0.1) is 0 Å². The number of pyridine rings is 3. The van der Waals surface area contributed by atoms with Gasteiger partial charge in [0, 0.05) is 81.0 Å². The summed E-state index contributed by atoms with van der Waals surface area (Å²) < 4.78 is 3.19. The van der Waals surface area contributed by atoms with Crippen LogP contribution in [0.3, 0.4) is 0 Å². The topological polar surface area (TPSA) is 38.7 Å². The molecule has 0 amide bonds. The predicted octanol–water partition coefficient (Wildman–Crippen LogP) is 19.1. The summed E-state index contributed by atoms with van der Waals surface area (Å²) in [7, 11) is 0. The van der Waals surface area contributed by atoms with E-state index in [1.165, 1.54) is 0 Å². The minimum atomic E-state index is 0.987. The molecule has 0 aliphatic carbocycles. The van der Waals surface area contributed by atoms with E-state index in [4.69, 9.17) is 15.0 Å². The van der Waals surface area contributed by atoms with Gasteiger partial charge in [-0.3, -0.25) is 15.0 Å². The predicted molar refractivity (Wildman–Crippen MR) is 301 cm³/mol. The first-order valence-electron chi connectivity index (χ1n) is 22.8. The average molecular weight is 1070 g/mol. The summed E-state index contributed by atoms with van der Waals surface area (Å²) in [6.45, 7) is 0. The lowest BCUT2D eigenvalue weighted by atomic mass is 9.86. The number of halogens is 3. The molecule has 0 aliphatic rings. The van der Waals surface area contributed by atoms with Crippen molar-refractivity contribution in [2.75, 3.05) is 0 Å². The summed E-state index contributed by atoms with van der Waals surface area (Å²) in [6, 6.07) is 72.1. The molecule has 0 fully saturated rings. The van der Waals surface area contributed by atoms with Gasteiger partial charge in [0.2, 0.25) is 0 Å². The molecule has 0 saturated heterocycles. The van der Waals surface area contributed by atoms with Crippen molar-refractivity contribution in [1.82, 2.24) is 15.0 Å². The first kappa shape index (κ1) is 41.8. The summed E-state index contributed by atoms with van der Waals surface area (Å²) in [6.07, 6.45) is 6.08. The molecule has 324 valence electrons. The van der Waals surface area contributed by atoms with Crippen molar-refractivity contribution in [3.63, 3.8) is 0 Å². The summed E-state index contributed by atoms with van der Waals surface area (Å²) >= 11 is 11.3. The van der Waals surface area contributed by atoms with Crippen molar-refractivity contribution in [2.24, 2.45) is 0 Å². The zero-order valence-electron chi connectivity index (χ0n) is 36.8. The van der Waals surface area contributed by atoms with Crippen LogP contribution in [0.4, 0.5) is 0 Å². The molecule has 13 rings (SSSR count). The summed E-state index contributed by atoms with van der Waals surface area (Å²) in [5.74, 6) is 0. The van der Waals surface area contributed by atoms with Crippen molar-refractivity contribution in [1.29, 1.82) is 0 Å². The van der Waals surface area contributed by atoms with Crippen molar-refractivity contribution in [3.05, 3.63) is 232 Å². The maximum atomic E-state index is 5.13. The standard InChI is InChI=1S/C63H36Br3N3/c64-58-19-7-16-55-52(58)25-22-37-28-43(34-67-61(37)55)49-13-4-1-10-46(49)40-31-41(47-11-2-5-14-50(47)44-29-38-23-26-53-56(62(38)68-35-44)17-8-20-59(53)65)33-42(32-40)48-12-3-6-15-51(48)45-30-39-24-27-54-57(63(39)69-36-45)18-9-21-60(54)66/h1-36H. The van der Waals surface area contributed by atoms with Crippen LogP contribution in [0.5, 0.6) is 0 Å². The van der Waals surface area contributed by atoms with Gasteiger partial charge in [0.05, 0.1) is 16.6 Å². The van der Waals surface area contributed by atoms with Crippen molar-refractivity contribution in [3.8, 4) is 66.8 Å². The van der Waals surface area contributed by atoms with E-state index in [1.54, 1.807) is 0 Å². The Labute approximate surface area is 423 Å². The summed E-state index contributed by atoms with van der Waals surface area (Å²) in [5.41, 5.74) is 16.2. The lowest BCUT2D eigenvalue weighted by Gasteiger charge is -2.18. The van der Waals surface area contributed by atoms with Gasteiger partial charge >= 0.3 is 0 Å². The van der Waals surface area contributed by atoms with Gasteiger partial charge in [-0.25, -0.2) is 0 Å². The second kappa shape index (κ2) is 17.0. The van der Waals surface area contributed by atoms with Crippen molar-refractivity contribution in [2.45, 2.75) is 0 Å². The molecule has 3 heterocycles. The largest absolute Gasteiger partial charge is 0.255 e. The lowest BCUT2D eigenvalue weighted by Crippen LogP contribution is -1.93. The molecule has 0 aliphatic heterocycles. The number of aromatic nitrogens is 3. The van der Waals surface area contributed by atoms with Crippen molar-refractivity contribution < 1.29 is 0 Å². The molecule has 6 heteroatoms. The Hall–Kier alpha value is -7.35. The van der Waals surface area contributed by atoms with Gasteiger partial charge in [-0.05, 0) is 121 Å². The highest BCUT2D eigenvalue weighted by Crippen LogP contribution is 2.44. The highest BCUT2D eigenvalue weighted by Gasteiger charge is 2.18. The van der Waals surface area contributed by atoms with E-state index in [0.29, 0.717) is 0 Å². The van der Waals surface area contributed by atoms with Crippen LogP contribution in [0.25, 0.3) is 132 Å². The second-order valence-corrected chi connectivity index (χ2v) is 20.1. The van der Waals surface area contributed by atoms with Crippen molar-refractivity contribution >= 4 is 113 Å². The van der Waals surface area contributed by atoms with Crippen LogP contribution in [0.2, 0.25) is 0 Å². The third kappa shape index (κ3) is 7.25. The fraction of sp³-hybridized carbons (Fsp3) is 0. The first-order valence-corrected chi connectivity index (χ1v) is 25.2. The van der Waals surface area contributed by atoms with Gasteiger partial charge in [0.15, 0.2) is 0 Å². The summed E-state index contributed by atoms with van der Waals surface area (Å²) in [4.78, 5) is 15.4. The first-order chi connectivity index (χ1) is 33.9.